The van der Waals surface area contributed by atoms with Gasteiger partial charge in [-0.25, -0.2) is 0 Å². The van der Waals surface area contributed by atoms with E-state index in [0.29, 0.717) is 23.5 Å². The van der Waals surface area contributed by atoms with Gasteiger partial charge in [-0.1, -0.05) is 24.3 Å². The number of anilines is 2. The molecule has 1 fully saturated rings. The molecule has 2 heterocycles. The van der Waals surface area contributed by atoms with Crippen LogP contribution in [0.1, 0.15) is 21.5 Å². The Labute approximate surface area is 193 Å². The molecule has 2 aliphatic rings. The van der Waals surface area contributed by atoms with Crippen LogP contribution in [-0.2, 0) is 15.3 Å². The molecule has 3 N–H and O–H groups in total. The maximum Gasteiger partial charge on any atom is 0.251 e. The van der Waals surface area contributed by atoms with E-state index < -0.39 is 0 Å². The Hall–Kier alpha value is -2.55. The molecule has 4 rings (SSSR count). The first kappa shape index (κ1) is 22.6. The second-order valence-electron chi connectivity index (χ2n) is 8.10. The molecule has 2 amide bonds. The van der Waals surface area contributed by atoms with Gasteiger partial charge in [-0.15, -0.1) is 0 Å². The number of thioether (sulfide) groups is 1. The molecule has 0 spiro atoms. The SMILES string of the molecule is Cc1ccccc1CSCC1Nc2ccc(C(=O)NCCN3CCOCC3)cc2NC1=O. The smallest absolute Gasteiger partial charge is 0.251 e. The molecule has 2 aromatic carbocycles. The molecule has 2 aromatic rings. The monoisotopic (exact) mass is 454 g/mol. The summed E-state index contributed by atoms with van der Waals surface area (Å²) in [6.07, 6.45) is 0. The van der Waals surface area contributed by atoms with E-state index in [4.69, 9.17) is 4.74 Å². The highest BCUT2D eigenvalue weighted by molar-refractivity contribution is 7.98. The van der Waals surface area contributed by atoms with Crippen molar-refractivity contribution >= 4 is 35.0 Å². The van der Waals surface area contributed by atoms with E-state index in [9.17, 15) is 9.59 Å². The maximum atomic E-state index is 12.6. The zero-order valence-corrected chi connectivity index (χ0v) is 19.2. The molecule has 7 nitrogen and oxygen atoms in total. The number of benzene rings is 2. The van der Waals surface area contributed by atoms with Crippen molar-refractivity contribution in [3.05, 3.63) is 59.2 Å². The van der Waals surface area contributed by atoms with Crippen molar-refractivity contribution in [2.24, 2.45) is 0 Å². The fraction of sp³-hybridized carbons (Fsp3) is 0.417. The van der Waals surface area contributed by atoms with Crippen LogP contribution in [0.2, 0.25) is 0 Å². The van der Waals surface area contributed by atoms with Gasteiger partial charge in [-0.05, 0) is 36.2 Å². The number of nitrogens with zero attached hydrogens (tertiary/aromatic N) is 1. The molecule has 170 valence electrons. The summed E-state index contributed by atoms with van der Waals surface area (Å²) in [4.78, 5) is 27.4. The van der Waals surface area contributed by atoms with E-state index in [1.54, 1.807) is 23.9 Å². The van der Waals surface area contributed by atoms with Crippen LogP contribution in [0.25, 0.3) is 0 Å². The van der Waals surface area contributed by atoms with Crippen molar-refractivity contribution in [2.75, 3.05) is 55.8 Å². The summed E-state index contributed by atoms with van der Waals surface area (Å²) in [7, 11) is 0. The first-order chi connectivity index (χ1) is 15.6. The highest BCUT2D eigenvalue weighted by Crippen LogP contribution is 2.29. The summed E-state index contributed by atoms with van der Waals surface area (Å²) in [6.45, 7) is 6.79. The van der Waals surface area contributed by atoms with Crippen LogP contribution in [0.3, 0.4) is 0 Å². The fourth-order valence-electron chi connectivity index (χ4n) is 3.82. The van der Waals surface area contributed by atoms with E-state index in [2.05, 4.69) is 39.9 Å². The zero-order chi connectivity index (χ0) is 22.3. The van der Waals surface area contributed by atoms with Crippen LogP contribution in [0.5, 0.6) is 0 Å². The number of hydrogen-bond acceptors (Lipinski definition) is 6. The number of rotatable bonds is 8. The topological polar surface area (TPSA) is 82.7 Å². The van der Waals surface area contributed by atoms with Crippen LogP contribution in [0.4, 0.5) is 11.4 Å². The first-order valence-corrected chi connectivity index (χ1v) is 12.2. The third kappa shape index (κ3) is 5.82. The van der Waals surface area contributed by atoms with Crippen molar-refractivity contribution in [1.29, 1.82) is 0 Å². The van der Waals surface area contributed by atoms with E-state index in [0.717, 1.165) is 44.3 Å². The van der Waals surface area contributed by atoms with E-state index in [1.165, 1.54) is 11.1 Å². The highest BCUT2D eigenvalue weighted by atomic mass is 32.2. The van der Waals surface area contributed by atoms with Crippen LogP contribution < -0.4 is 16.0 Å². The van der Waals surface area contributed by atoms with Gasteiger partial charge in [0.05, 0.1) is 24.6 Å². The van der Waals surface area contributed by atoms with Gasteiger partial charge in [0, 0.05) is 43.2 Å². The number of carbonyl (C=O) groups is 2. The molecule has 0 bridgehead atoms. The van der Waals surface area contributed by atoms with Gasteiger partial charge < -0.3 is 20.7 Å². The third-order valence-electron chi connectivity index (χ3n) is 5.81. The minimum atomic E-state index is -0.301. The lowest BCUT2D eigenvalue weighted by atomic mass is 10.1. The van der Waals surface area contributed by atoms with Crippen LogP contribution in [0, 0.1) is 6.92 Å². The summed E-state index contributed by atoms with van der Waals surface area (Å²) in [5.41, 5.74) is 4.59. The number of hydrogen-bond donors (Lipinski definition) is 3. The average molecular weight is 455 g/mol. The molecule has 1 atom stereocenters. The Morgan fingerprint density at radius 1 is 1.19 bits per heavy atom. The summed E-state index contributed by atoms with van der Waals surface area (Å²) < 4.78 is 5.34. The maximum absolute atomic E-state index is 12.6. The second-order valence-corrected chi connectivity index (χ2v) is 9.13. The number of nitrogens with one attached hydrogen (secondary N) is 3. The molecule has 0 radical (unpaired) electrons. The number of ether oxygens (including phenoxy) is 1. The zero-order valence-electron chi connectivity index (χ0n) is 18.4. The van der Waals surface area contributed by atoms with Crippen molar-refractivity contribution < 1.29 is 14.3 Å². The lowest BCUT2D eigenvalue weighted by molar-refractivity contribution is -0.116. The molecule has 1 unspecified atom stereocenters. The minimum absolute atomic E-state index is 0.0698. The molecule has 0 saturated carbocycles. The van der Waals surface area contributed by atoms with Crippen molar-refractivity contribution in [2.45, 2.75) is 18.7 Å². The summed E-state index contributed by atoms with van der Waals surface area (Å²) in [5, 5.41) is 9.24. The Balaban J connectivity index is 1.28. The predicted molar refractivity (Wildman–Crippen MR) is 129 cm³/mol. The van der Waals surface area contributed by atoms with Gasteiger partial charge in [-0.3, -0.25) is 14.5 Å². The molecular formula is C24H30N4O3S. The second kappa shape index (κ2) is 10.8. The van der Waals surface area contributed by atoms with Gasteiger partial charge in [0.15, 0.2) is 0 Å². The lowest BCUT2D eigenvalue weighted by Crippen LogP contribution is -2.41. The molecule has 0 aromatic heterocycles. The van der Waals surface area contributed by atoms with Gasteiger partial charge in [0.1, 0.15) is 6.04 Å². The Morgan fingerprint density at radius 3 is 2.81 bits per heavy atom. The van der Waals surface area contributed by atoms with Gasteiger partial charge in [0.25, 0.3) is 5.91 Å². The fourth-order valence-corrected chi connectivity index (χ4v) is 4.95. The molecule has 32 heavy (non-hydrogen) atoms. The number of fused-ring (bicyclic) bond motifs is 1. The van der Waals surface area contributed by atoms with E-state index in [-0.39, 0.29) is 17.9 Å². The molecule has 8 heteroatoms. The Bertz CT molecular complexity index is 962. The van der Waals surface area contributed by atoms with Gasteiger partial charge in [0.2, 0.25) is 5.91 Å². The standard InChI is InChI=1S/C24H30N4O3S/c1-17-4-2-3-5-19(17)15-32-16-22-24(30)27-21-14-18(6-7-20(21)26-22)23(29)25-8-9-28-10-12-31-13-11-28/h2-7,14,22,26H,8-13,15-16H2,1H3,(H,25,29)(H,27,30). The number of aryl methyl sites for hydroxylation is 1. The summed E-state index contributed by atoms with van der Waals surface area (Å²) in [5.74, 6) is 1.34. The quantitative estimate of drug-likeness (QED) is 0.569. The molecule has 1 saturated heterocycles. The van der Waals surface area contributed by atoms with Crippen LogP contribution in [0.15, 0.2) is 42.5 Å². The normalized spacial score (nSPS) is 18.4. The molecule has 2 aliphatic heterocycles. The number of carbonyl (C=O) groups excluding carboxylic acids is 2. The average Bonchev–Trinajstić information content (AvgIpc) is 2.81. The van der Waals surface area contributed by atoms with E-state index >= 15 is 0 Å². The van der Waals surface area contributed by atoms with E-state index in [1.807, 2.05) is 18.2 Å². The van der Waals surface area contributed by atoms with Gasteiger partial charge >= 0.3 is 0 Å². The first-order valence-electron chi connectivity index (χ1n) is 11.0. The summed E-state index contributed by atoms with van der Waals surface area (Å²) >= 11 is 1.73. The minimum Gasteiger partial charge on any atom is -0.379 e. The van der Waals surface area contributed by atoms with Crippen molar-refractivity contribution in [3.63, 3.8) is 0 Å². The number of morpholine rings is 1. The number of amides is 2. The van der Waals surface area contributed by atoms with Crippen LogP contribution >= 0.6 is 11.8 Å². The van der Waals surface area contributed by atoms with Crippen molar-refractivity contribution in [3.8, 4) is 0 Å². The summed E-state index contributed by atoms with van der Waals surface area (Å²) in [6, 6.07) is 13.4. The highest BCUT2D eigenvalue weighted by Gasteiger charge is 2.26. The molecular weight excluding hydrogens is 424 g/mol. The third-order valence-corrected chi connectivity index (χ3v) is 6.89. The van der Waals surface area contributed by atoms with Gasteiger partial charge in [-0.2, -0.15) is 11.8 Å². The Kier molecular flexibility index (Phi) is 7.68. The Morgan fingerprint density at radius 2 is 2.00 bits per heavy atom. The predicted octanol–water partition coefficient (Wildman–Crippen LogP) is 2.72. The lowest BCUT2D eigenvalue weighted by Gasteiger charge is -2.27. The van der Waals surface area contributed by atoms with Crippen molar-refractivity contribution in [1.82, 2.24) is 10.2 Å². The van der Waals surface area contributed by atoms with Crippen LogP contribution in [-0.4, -0.2) is 67.9 Å². The molecule has 0 aliphatic carbocycles. The largest absolute Gasteiger partial charge is 0.379 e.